The van der Waals surface area contributed by atoms with Crippen LogP contribution in [0.1, 0.15) is 253 Å². The summed E-state index contributed by atoms with van der Waals surface area (Å²) in [5.41, 5.74) is 0. The zero-order chi connectivity index (χ0) is 81.7. The van der Waals surface area contributed by atoms with Gasteiger partial charge < -0.3 is 146 Å². The molecule has 4 aliphatic rings. The highest BCUT2D eigenvalue weighted by atomic mass is 16.8. The lowest BCUT2D eigenvalue weighted by molar-refractivity contribution is -0.365. The van der Waals surface area contributed by atoms with Crippen molar-refractivity contribution in [3.8, 4) is 0 Å². The Hall–Kier alpha value is -3.61. The van der Waals surface area contributed by atoms with E-state index in [4.69, 9.17) is 37.9 Å². The van der Waals surface area contributed by atoms with Gasteiger partial charge in [0.15, 0.2) is 12.6 Å². The van der Waals surface area contributed by atoms with Crippen molar-refractivity contribution in [1.29, 1.82) is 0 Å². The van der Waals surface area contributed by atoms with E-state index in [1.54, 1.807) is 0 Å². The van der Waals surface area contributed by atoms with Crippen LogP contribution in [0.3, 0.4) is 0 Å². The number of carboxylic acid groups (broad SMARTS) is 2. The molecule has 4 heterocycles. The molecule has 0 spiro atoms. The first-order valence-electron chi connectivity index (χ1n) is 40.6. The maximum absolute atomic E-state index is 13.8. The fraction of sp³-hybridized carbons (Fsp3) is 0.934. The van der Waals surface area contributed by atoms with Gasteiger partial charge in [0.2, 0.25) is 17.7 Å². The minimum absolute atomic E-state index is 0.0550. The summed E-state index contributed by atoms with van der Waals surface area (Å²) >= 11 is 0. The third kappa shape index (κ3) is 32.5. The Balaban J connectivity index is 1.51. The standard InChI is InChI=1S/C76H139N3O31/c1-6-7-8-9-10-11-12-13-14-15-16-17-18-19-20-21-22-23-28-31-34-37-50(84)70(98)78-48(60(90)49(83)36-33-30-27-25-24-26-29-32-35-45(2)3)42-103-72-67(97)65(95)63(93)55(107-72)43-105-75(73(99)100)39-54(58(77-47(5)82)69(109-75)62(92)53(87)41-81)108-76(74(101)102)38-51(85)57(68(110-76)61(91)52(86)40-80)79-56(88)44-104-71-66(96)64(94)59(89)46(4)106-71/h45-46,48-55,57-69,71-72,80-81,83-87,89-97H,6-44H2,1-5H3,(H,77,82)(H,78,98)(H,79,88)(H,99,100)(H,101,102)/t46-,48-,49+,50+,51-,52+,53+,54-,55+,57+,58+,59+,60-,61+,62+,63+,64+,65-,66-,67+,68+,69+,71+,72+,75+,76+/m0/s1. The van der Waals surface area contributed by atoms with E-state index in [-0.39, 0.29) is 12.8 Å². The van der Waals surface area contributed by atoms with Crippen molar-refractivity contribution in [2.75, 3.05) is 33.0 Å². The fourth-order valence-corrected chi connectivity index (χ4v) is 14.6. The van der Waals surface area contributed by atoms with Gasteiger partial charge in [-0.25, -0.2) is 9.59 Å². The predicted molar refractivity (Wildman–Crippen MR) is 393 cm³/mol. The molecule has 0 aromatic heterocycles. The van der Waals surface area contributed by atoms with Gasteiger partial charge in [-0.2, -0.15) is 0 Å². The number of aliphatic carboxylic acids is 2. The van der Waals surface area contributed by atoms with Crippen LogP contribution in [-0.4, -0.2) is 313 Å². The Morgan fingerprint density at radius 2 is 0.936 bits per heavy atom. The molecule has 0 aromatic rings. The van der Waals surface area contributed by atoms with Gasteiger partial charge in [0, 0.05) is 19.8 Å². The van der Waals surface area contributed by atoms with Gasteiger partial charge in [-0.3, -0.25) is 14.4 Å². The minimum Gasteiger partial charge on any atom is -0.477 e. The molecule has 110 heavy (non-hydrogen) atoms. The fourth-order valence-electron chi connectivity index (χ4n) is 14.6. The van der Waals surface area contributed by atoms with E-state index in [0.717, 1.165) is 84.0 Å². The number of carbonyl (C=O) groups excluding carboxylic acids is 3. The second-order valence-corrected chi connectivity index (χ2v) is 31.2. The molecule has 0 saturated carbocycles. The van der Waals surface area contributed by atoms with E-state index in [9.17, 15) is 116 Å². The predicted octanol–water partition coefficient (Wildman–Crippen LogP) is 0.701. The second-order valence-electron chi connectivity index (χ2n) is 31.2. The third-order valence-corrected chi connectivity index (χ3v) is 21.5. The molecule has 4 saturated heterocycles. The van der Waals surface area contributed by atoms with E-state index in [0.29, 0.717) is 18.8 Å². The molecule has 0 aliphatic carbocycles. The maximum Gasteiger partial charge on any atom is 0.364 e. The average Bonchev–Trinajstić information content (AvgIpc) is 0.742. The van der Waals surface area contributed by atoms with E-state index in [2.05, 4.69) is 36.7 Å². The van der Waals surface area contributed by atoms with Gasteiger partial charge in [-0.15, -0.1) is 0 Å². The van der Waals surface area contributed by atoms with E-state index in [1.807, 2.05) is 0 Å². The summed E-state index contributed by atoms with van der Waals surface area (Å²) in [6, 6.07) is -5.57. The summed E-state index contributed by atoms with van der Waals surface area (Å²) in [5.74, 6) is -13.6. The third-order valence-electron chi connectivity index (χ3n) is 21.5. The molecule has 0 unspecified atom stereocenters. The Kier molecular flexibility index (Phi) is 46.8. The summed E-state index contributed by atoms with van der Waals surface area (Å²) < 4.78 is 46.1. The average molecular weight is 1590 g/mol. The van der Waals surface area contributed by atoms with Crippen molar-refractivity contribution >= 4 is 29.7 Å². The molecule has 4 fully saturated rings. The lowest BCUT2D eigenvalue weighted by Crippen LogP contribution is -2.72. The normalized spacial score (nSPS) is 30.9. The van der Waals surface area contributed by atoms with Crippen molar-refractivity contribution in [3.63, 3.8) is 0 Å². The topological polar surface area (TPSA) is 559 Å². The number of hydrogen-bond donors (Lipinski definition) is 21. The monoisotopic (exact) mass is 1590 g/mol. The zero-order valence-electron chi connectivity index (χ0n) is 65.4. The van der Waals surface area contributed by atoms with Crippen molar-refractivity contribution in [2.45, 2.75) is 411 Å². The van der Waals surface area contributed by atoms with Gasteiger partial charge in [0.05, 0.1) is 69.0 Å². The zero-order valence-corrected chi connectivity index (χ0v) is 65.4. The second kappa shape index (κ2) is 52.2. The van der Waals surface area contributed by atoms with Crippen LogP contribution in [0.25, 0.3) is 0 Å². The van der Waals surface area contributed by atoms with Crippen molar-refractivity contribution < 1.29 is 154 Å². The van der Waals surface area contributed by atoms with Gasteiger partial charge in [0.25, 0.3) is 11.6 Å². The Morgan fingerprint density at radius 3 is 1.40 bits per heavy atom. The molecular weight excluding hydrogens is 1450 g/mol. The number of hydrogen-bond acceptors (Lipinski definition) is 29. The SMILES string of the molecule is CCCCCCCCCCCCCCCCCCCCCCC[C@@H](O)C(=O)N[C@@H](CO[C@@H]1O[C@H](CO[C@]2(C(=O)O)C[C@H](O[C@]3(C(=O)O)C[C@H](O)[C@@H](NC(=O)CO[C@@H]4O[C@@H](C)[C@@H](O)[C@@H](O)[C@@H]4O)[C@H]([C@H](O)[C@H](O)CO)O3)[C@@H](NC(C)=O)[C@H]([C@H](O)[C@H](O)CO)O2)[C@@H](O)[C@H](O)[C@H]1O)[C@H](O)[C@H](O)CCCCCCCCCCC(C)C. The molecule has 21 N–H and O–H groups in total. The Bertz CT molecular complexity index is 2560. The number of nitrogens with one attached hydrogen (secondary N) is 3. The van der Waals surface area contributed by atoms with Crippen LogP contribution in [0.4, 0.5) is 0 Å². The first-order chi connectivity index (χ1) is 52.3. The number of amides is 3. The van der Waals surface area contributed by atoms with Crippen LogP contribution in [-0.2, 0) is 61.9 Å². The molecule has 34 heteroatoms. The van der Waals surface area contributed by atoms with Crippen molar-refractivity contribution in [1.82, 2.24) is 16.0 Å². The summed E-state index contributed by atoms with van der Waals surface area (Å²) in [6.07, 6.45) is -11.3. The first-order valence-corrected chi connectivity index (χ1v) is 40.6. The van der Waals surface area contributed by atoms with Crippen LogP contribution >= 0.6 is 0 Å². The first kappa shape index (κ1) is 98.8. The summed E-state index contributed by atoms with van der Waals surface area (Å²) in [5, 5.41) is 205. The van der Waals surface area contributed by atoms with Gasteiger partial charge in [-0.1, -0.05) is 213 Å². The molecule has 644 valence electrons. The largest absolute Gasteiger partial charge is 0.477 e. The quantitative estimate of drug-likeness (QED) is 0.0373. The Morgan fingerprint density at radius 1 is 0.500 bits per heavy atom. The van der Waals surface area contributed by atoms with Crippen LogP contribution in [0.5, 0.6) is 0 Å². The maximum atomic E-state index is 13.8. The van der Waals surface area contributed by atoms with Crippen LogP contribution < -0.4 is 16.0 Å². The molecule has 0 radical (unpaired) electrons. The number of aliphatic hydroxyl groups is 16. The molecule has 34 nitrogen and oxygen atoms in total. The molecule has 3 amide bonds. The summed E-state index contributed by atoms with van der Waals surface area (Å²) in [7, 11) is 0. The lowest BCUT2D eigenvalue weighted by Gasteiger charge is -2.52. The summed E-state index contributed by atoms with van der Waals surface area (Å²) in [6.45, 7) is 3.18. The molecule has 4 aliphatic heterocycles. The van der Waals surface area contributed by atoms with E-state index < -0.39 is 234 Å². The molecular formula is C76H139N3O31. The minimum atomic E-state index is -3.41. The van der Waals surface area contributed by atoms with Crippen LogP contribution in [0.2, 0.25) is 0 Å². The van der Waals surface area contributed by atoms with Gasteiger partial charge >= 0.3 is 11.9 Å². The van der Waals surface area contributed by atoms with Crippen molar-refractivity contribution in [3.05, 3.63) is 0 Å². The number of carboxylic acids is 2. The Labute approximate surface area is 647 Å². The molecule has 0 aromatic carbocycles. The number of aliphatic hydroxyl groups excluding tert-OH is 16. The van der Waals surface area contributed by atoms with Crippen molar-refractivity contribution in [2.24, 2.45) is 5.92 Å². The molecule has 26 atom stereocenters. The highest BCUT2D eigenvalue weighted by Crippen LogP contribution is 2.42. The summed E-state index contributed by atoms with van der Waals surface area (Å²) in [4.78, 5) is 67.7. The van der Waals surface area contributed by atoms with E-state index >= 15 is 0 Å². The molecule has 0 bridgehead atoms. The lowest BCUT2D eigenvalue weighted by atomic mass is 9.86. The smallest absolute Gasteiger partial charge is 0.364 e. The number of unbranched alkanes of at least 4 members (excludes halogenated alkanes) is 27. The number of carbonyl (C=O) groups is 5. The highest BCUT2D eigenvalue weighted by Gasteiger charge is 2.63. The van der Waals surface area contributed by atoms with Crippen LogP contribution in [0, 0.1) is 5.92 Å². The van der Waals surface area contributed by atoms with Crippen LogP contribution in [0.15, 0.2) is 0 Å². The van der Waals surface area contributed by atoms with Gasteiger partial charge in [0.1, 0.15) is 98.2 Å². The van der Waals surface area contributed by atoms with Gasteiger partial charge in [-0.05, 0) is 25.7 Å². The highest BCUT2D eigenvalue weighted by molar-refractivity contribution is 5.81. The van der Waals surface area contributed by atoms with E-state index in [1.165, 1.54) is 110 Å². The number of ether oxygens (including phenoxy) is 8. The number of rotatable bonds is 58. The molecule has 4 rings (SSSR count).